The third-order valence-electron chi connectivity index (χ3n) is 10.1. The fraction of sp³-hybridized carbons (Fsp3) is 0. The van der Waals surface area contributed by atoms with Crippen LogP contribution in [0.1, 0.15) is 0 Å². The van der Waals surface area contributed by atoms with E-state index < -0.39 is 0 Å². The lowest BCUT2D eigenvalue weighted by Gasteiger charge is -2.12. The third kappa shape index (κ3) is 4.46. The second kappa shape index (κ2) is 11.2. The van der Waals surface area contributed by atoms with Crippen LogP contribution in [0.5, 0.6) is 0 Å². The van der Waals surface area contributed by atoms with Gasteiger partial charge >= 0.3 is 0 Å². The summed E-state index contributed by atoms with van der Waals surface area (Å²) in [7, 11) is 0. The summed E-state index contributed by atoms with van der Waals surface area (Å²) in [5, 5.41) is 8.52. The second-order valence-electron chi connectivity index (χ2n) is 13.2. The molecule has 11 aromatic rings. The number of benzene rings is 8. The average Bonchev–Trinajstić information content (AvgIpc) is 3.79. The number of hydrogen-bond acceptors (Lipinski definition) is 5. The highest BCUT2D eigenvalue weighted by atomic mass is 16.3. The number of aromatic nitrogens is 3. The van der Waals surface area contributed by atoms with Crippen LogP contribution in [0.4, 0.5) is 0 Å². The molecule has 0 aliphatic rings. The molecule has 0 radical (unpaired) electrons. The van der Waals surface area contributed by atoms with Crippen molar-refractivity contribution in [1.82, 2.24) is 15.0 Å². The molecule has 242 valence electrons. The molecule has 0 fully saturated rings. The average molecular weight is 666 g/mol. The van der Waals surface area contributed by atoms with Gasteiger partial charge in [-0.1, -0.05) is 127 Å². The molecule has 0 N–H and O–H groups in total. The van der Waals surface area contributed by atoms with Gasteiger partial charge in [0.15, 0.2) is 17.5 Å². The minimum atomic E-state index is 0.602. The first-order chi connectivity index (χ1) is 25.7. The molecule has 8 aromatic carbocycles. The highest BCUT2D eigenvalue weighted by Gasteiger charge is 2.20. The Morgan fingerprint density at radius 3 is 1.85 bits per heavy atom. The number of para-hydroxylation sites is 2. The molecule has 5 nitrogen and oxygen atoms in total. The first-order valence-electron chi connectivity index (χ1n) is 17.3. The van der Waals surface area contributed by atoms with Crippen molar-refractivity contribution < 1.29 is 8.83 Å². The van der Waals surface area contributed by atoms with Crippen molar-refractivity contribution in [3.63, 3.8) is 0 Å². The van der Waals surface area contributed by atoms with Gasteiger partial charge in [0.1, 0.15) is 22.3 Å². The SMILES string of the molecule is c1ccc(-c2nc(-c3ccc4ccccc4c3)nc(-c3cc4c5ccccc5oc4c4cc(-c5cccc6oc7ccccc7c56)ccc34)n2)cc1. The number of hydrogen-bond donors (Lipinski definition) is 0. The summed E-state index contributed by atoms with van der Waals surface area (Å²) in [6.45, 7) is 0. The van der Waals surface area contributed by atoms with E-state index in [0.717, 1.165) is 87.9 Å². The maximum Gasteiger partial charge on any atom is 0.164 e. The van der Waals surface area contributed by atoms with E-state index in [-0.39, 0.29) is 0 Å². The van der Waals surface area contributed by atoms with E-state index >= 15 is 0 Å². The van der Waals surface area contributed by atoms with Crippen LogP contribution in [0, 0.1) is 0 Å². The van der Waals surface area contributed by atoms with Gasteiger partial charge in [0.05, 0.1) is 0 Å². The van der Waals surface area contributed by atoms with E-state index in [2.05, 4.69) is 103 Å². The van der Waals surface area contributed by atoms with Gasteiger partial charge in [0, 0.05) is 43.6 Å². The monoisotopic (exact) mass is 665 g/mol. The maximum atomic E-state index is 6.65. The molecule has 0 bridgehead atoms. The van der Waals surface area contributed by atoms with Crippen LogP contribution in [0.2, 0.25) is 0 Å². The predicted molar refractivity (Wildman–Crippen MR) is 211 cm³/mol. The highest BCUT2D eigenvalue weighted by Crippen LogP contribution is 2.43. The summed E-state index contributed by atoms with van der Waals surface area (Å²) in [6.07, 6.45) is 0. The van der Waals surface area contributed by atoms with E-state index in [1.807, 2.05) is 60.7 Å². The topological polar surface area (TPSA) is 65.0 Å². The quantitative estimate of drug-likeness (QED) is 0.187. The van der Waals surface area contributed by atoms with E-state index in [1.165, 1.54) is 5.39 Å². The standard InChI is InChI=1S/C47H27N3O2/c1-2-12-29(13-3-1)45-48-46(32-22-21-28-11-4-5-14-30(28)25-32)50-47(49-45)39-27-38-35-15-6-8-18-40(35)52-44(38)37-26-31(23-24-34(37)39)33-17-10-20-42-43(33)36-16-7-9-19-41(36)51-42/h1-27H. The minimum absolute atomic E-state index is 0.602. The van der Waals surface area contributed by atoms with Crippen molar-refractivity contribution in [2.45, 2.75) is 0 Å². The van der Waals surface area contributed by atoms with Crippen LogP contribution < -0.4 is 0 Å². The Hall–Kier alpha value is -7.11. The van der Waals surface area contributed by atoms with Crippen LogP contribution in [-0.4, -0.2) is 15.0 Å². The molecule has 0 saturated carbocycles. The molecular formula is C47H27N3O2. The fourth-order valence-corrected chi connectivity index (χ4v) is 7.64. The summed E-state index contributed by atoms with van der Waals surface area (Å²) >= 11 is 0. The smallest absolute Gasteiger partial charge is 0.164 e. The number of nitrogens with zero attached hydrogens (tertiary/aromatic N) is 3. The molecule has 0 spiro atoms. The van der Waals surface area contributed by atoms with E-state index in [4.69, 9.17) is 23.8 Å². The van der Waals surface area contributed by atoms with E-state index in [0.29, 0.717) is 17.5 Å². The Morgan fingerprint density at radius 1 is 0.327 bits per heavy atom. The van der Waals surface area contributed by atoms with Crippen LogP contribution >= 0.6 is 0 Å². The molecule has 5 heteroatoms. The minimum Gasteiger partial charge on any atom is -0.456 e. The second-order valence-corrected chi connectivity index (χ2v) is 13.2. The lowest BCUT2D eigenvalue weighted by atomic mass is 9.94. The number of furan rings is 2. The van der Waals surface area contributed by atoms with Crippen LogP contribution in [0.25, 0.3) is 111 Å². The summed E-state index contributed by atoms with van der Waals surface area (Å²) in [6, 6.07) is 56.3. The molecule has 11 rings (SSSR count). The van der Waals surface area contributed by atoms with Crippen molar-refractivity contribution in [2.75, 3.05) is 0 Å². The van der Waals surface area contributed by atoms with Gasteiger partial charge < -0.3 is 8.83 Å². The lowest BCUT2D eigenvalue weighted by molar-refractivity contribution is 0.669. The van der Waals surface area contributed by atoms with Crippen LogP contribution in [-0.2, 0) is 0 Å². The molecule has 0 aliphatic carbocycles. The zero-order valence-electron chi connectivity index (χ0n) is 27.7. The van der Waals surface area contributed by atoms with Gasteiger partial charge in [-0.2, -0.15) is 0 Å². The van der Waals surface area contributed by atoms with Gasteiger partial charge in [-0.25, -0.2) is 15.0 Å². The molecular weight excluding hydrogens is 639 g/mol. The predicted octanol–water partition coefficient (Wildman–Crippen LogP) is 12.6. The lowest BCUT2D eigenvalue weighted by Crippen LogP contribution is -2.00. The summed E-state index contributed by atoms with van der Waals surface area (Å²) in [5.74, 6) is 1.84. The van der Waals surface area contributed by atoms with Gasteiger partial charge in [-0.15, -0.1) is 0 Å². The van der Waals surface area contributed by atoms with Gasteiger partial charge in [0.25, 0.3) is 0 Å². The number of fused-ring (bicyclic) bond motifs is 9. The highest BCUT2D eigenvalue weighted by molar-refractivity contribution is 6.20. The van der Waals surface area contributed by atoms with Gasteiger partial charge in [0.2, 0.25) is 0 Å². The van der Waals surface area contributed by atoms with Gasteiger partial charge in [-0.3, -0.25) is 0 Å². The van der Waals surface area contributed by atoms with Crippen molar-refractivity contribution in [2.24, 2.45) is 0 Å². The van der Waals surface area contributed by atoms with Crippen molar-refractivity contribution in [3.05, 3.63) is 164 Å². The van der Waals surface area contributed by atoms with Crippen molar-refractivity contribution in [1.29, 1.82) is 0 Å². The molecule has 0 aliphatic heterocycles. The van der Waals surface area contributed by atoms with Crippen molar-refractivity contribution >= 4 is 65.4 Å². The Bertz CT molecular complexity index is 3190. The molecule has 0 unspecified atom stereocenters. The first-order valence-corrected chi connectivity index (χ1v) is 17.3. The molecule has 0 atom stereocenters. The largest absolute Gasteiger partial charge is 0.456 e. The van der Waals surface area contributed by atoms with E-state index in [1.54, 1.807) is 0 Å². The van der Waals surface area contributed by atoms with Crippen LogP contribution in [0.15, 0.2) is 173 Å². The fourth-order valence-electron chi connectivity index (χ4n) is 7.64. The number of rotatable bonds is 4. The summed E-state index contributed by atoms with van der Waals surface area (Å²) in [5.41, 5.74) is 8.34. The Balaban J connectivity index is 1.20. The summed E-state index contributed by atoms with van der Waals surface area (Å²) in [4.78, 5) is 15.4. The van der Waals surface area contributed by atoms with Crippen molar-refractivity contribution in [3.8, 4) is 45.3 Å². The Kier molecular flexibility index (Phi) is 6.18. The normalized spacial score (nSPS) is 11.8. The first kappa shape index (κ1) is 28.7. The van der Waals surface area contributed by atoms with E-state index in [9.17, 15) is 0 Å². The zero-order chi connectivity index (χ0) is 34.2. The molecule has 0 amide bonds. The molecule has 0 saturated heterocycles. The Labute approximate surface area is 297 Å². The maximum absolute atomic E-state index is 6.65. The van der Waals surface area contributed by atoms with Gasteiger partial charge in [-0.05, 0) is 63.7 Å². The zero-order valence-corrected chi connectivity index (χ0v) is 27.7. The molecule has 3 heterocycles. The molecule has 52 heavy (non-hydrogen) atoms. The third-order valence-corrected chi connectivity index (χ3v) is 10.1. The summed E-state index contributed by atoms with van der Waals surface area (Å²) < 4.78 is 12.9. The van der Waals surface area contributed by atoms with Crippen LogP contribution in [0.3, 0.4) is 0 Å². The molecule has 3 aromatic heterocycles. The Morgan fingerprint density at radius 2 is 0.981 bits per heavy atom.